The Labute approximate surface area is 192 Å². The van der Waals surface area contributed by atoms with Crippen LogP contribution in [-0.2, 0) is 27.7 Å². The number of carbonyl (C=O) groups is 1. The van der Waals surface area contributed by atoms with Crippen LogP contribution in [0.15, 0.2) is 53.3 Å². The highest BCUT2D eigenvalue weighted by Crippen LogP contribution is 2.37. The van der Waals surface area contributed by atoms with Gasteiger partial charge in [0.05, 0.1) is 12.9 Å². The molecule has 1 aromatic carbocycles. The summed E-state index contributed by atoms with van der Waals surface area (Å²) < 4.78 is 35.5. The van der Waals surface area contributed by atoms with Gasteiger partial charge in [0.2, 0.25) is 0 Å². The van der Waals surface area contributed by atoms with Gasteiger partial charge in [-0.15, -0.1) is 11.3 Å². The van der Waals surface area contributed by atoms with E-state index in [4.69, 9.17) is 4.74 Å². The molecule has 0 atom stereocenters. The van der Waals surface area contributed by atoms with Crippen molar-refractivity contribution in [1.29, 1.82) is 0 Å². The molecule has 2 heterocycles. The molecule has 1 fully saturated rings. The maximum atomic E-state index is 13.1. The summed E-state index contributed by atoms with van der Waals surface area (Å²) in [5.74, 6) is 0.734. The summed E-state index contributed by atoms with van der Waals surface area (Å²) in [5, 5.41) is 0. The first-order valence-electron chi connectivity index (χ1n) is 10.7. The summed E-state index contributed by atoms with van der Waals surface area (Å²) in [7, 11) is -4.06. The van der Waals surface area contributed by atoms with Crippen molar-refractivity contribution >= 4 is 27.5 Å². The summed E-state index contributed by atoms with van der Waals surface area (Å²) >= 11 is 1.21. The highest BCUT2D eigenvalue weighted by atomic mass is 32.2. The maximum absolute atomic E-state index is 13.1. The number of hydrogen-bond donors (Lipinski definition) is 1. The molecule has 0 spiro atoms. The lowest BCUT2D eigenvalue weighted by molar-refractivity contribution is 0.147. The summed E-state index contributed by atoms with van der Waals surface area (Å²) in [6, 6.07) is 9.70. The van der Waals surface area contributed by atoms with Crippen LogP contribution < -0.4 is 4.72 Å². The van der Waals surface area contributed by atoms with Gasteiger partial charge in [0, 0.05) is 29.4 Å². The third-order valence-electron chi connectivity index (χ3n) is 5.13. The molecule has 1 N–H and O–H groups in total. The molecule has 1 aliphatic carbocycles. The molecule has 1 saturated carbocycles. The third-order valence-corrected chi connectivity index (χ3v) is 8.13. The fourth-order valence-corrected chi connectivity index (χ4v) is 6.26. The van der Waals surface area contributed by atoms with E-state index in [1.807, 2.05) is 41.1 Å². The number of amides is 1. The number of thiophene rings is 1. The van der Waals surface area contributed by atoms with Crippen molar-refractivity contribution in [3.8, 4) is 11.1 Å². The van der Waals surface area contributed by atoms with Crippen molar-refractivity contribution in [2.24, 2.45) is 11.8 Å². The van der Waals surface area contributed by atoms with Gasteiger partial charge in [0.15, 0.2) is 0 Å². The number of imidazole rings is 1. The highest BCUT2D eigenvalue weighted by Gasteiger charge is 2.28. The number of ether oxygens (including phenoxy) is 1. The summed E-state index contributed by atoms with van der Waals surface area (Å²) in [6.45, 7) is 5.07. The van der Waals surface area contributed by atoms with Gasteiger partial charge in [-0.25, -0.2) is 22.9 Å². The van der Waals surface area contributed by atoms with Crippen molar-refractivity contribution < 1.29 is 17.9 Å². The van der Waals surface area contributed by atoms with Crippen LogP contribution in [0.3, 0.4) is 0 Å². The quantitative estimate of drug-likeness (QED) is 0.487. The second-order valence-corrected chi connectivity index (χ2v) is 11.6. The molecule has 3 aromatic rings. The Hall–Kier alpha value is -2.65. The number of nitrogens with one attached hydrogen (secondary N) is 1. The van der Waals surface area contributed by atoms with Crippen molar-refractivity contribution in [2.75, 3.05) is 6.61 Å². The topological polar surface area (TPSA) is 90.3 Å². The molecule has 1 aliphatic rings. The smallest absolute Gasteiger partial charge is 0.421 e. The molecular weight excluding hydrogens is 446 g/mol. The first-order chi connectivity index (χ1) is 15.3. The largest absolute Gasteiger partial charge is 0.449 e. The van der Waals surface area contributed by atoms with E-state index in [2.05, 4.69) is 23.6 Å². The van der Waals surface area contributed by atoms with E-state index in [9.17, 15) is 13.2 Å². The minimum atomic E-state index is -4.06. The summed E-state index contributed by atoms with van der Waals surface area (Å²) in [6.07, 6.45) is 7.21. The van der Waals surface area contributed by atoms with Crippen LogP contribution in [0.4, 0.5) is 4.79 Å². The molecule has 0 bridgehead atoms. The lowest BCUT2D eigenvalue weighted by Crippen LogP contribution is -2.31. The third kappa shape index (κ3) is 5.77. The first-order valence-corrected chi connectivity index (χ1v) is 13.0. The van der Waals surface area contributed by atoms with Gasteiger partial charge < -0.3 is 9.30 Å². The summed E-state index contributed by atoms with van der Waals surface area (Å²) in [4.78, 5) is 17.1. The average Bonchev–Trinajstić information content (AvgIpc) is 3.23. The van der Waals surface area contributed by atoms with Gasteiger partial charge >= 0.3 is 6.09 Å². The van der Waals surface area contributed by atoms with Gasteiger partial charge in [-0.05, 0) is 54.4 Å². The maximum Gasteiger partial charge on any atom is 0.421 e. The normalized spacial score (nSPS) is 14.0. The first kappa shape index (κ1) is 22.5. The molecule has 32 heavy (non-hydrogen) atoms. The lowest BCUT2D eigenvalue weighted by Gasteiger charge is -2.10. The van der Waals surface area contributed by atoms with Crippen LogP contribution in [0.1, 0.15) is 37.1 Å². The zero-order valence-electron chi connectivity index (χ0n) is 18.2. The van der Waals surface area contributed by atoms with Gasteiger partial charge in [0.25, 0.3) is 10.0 Å². The van der Waals surface area contributed by atoms with E-state index in [0.717, 1.165) is 35.3 Å². The fraction of sp³-hybridized carbons (Fsp3) is 0.391. The van der Waals surface area contributed by atoms with E-state index < -0.39 is 16.1 Å². The van der Waals surface area contributed by atoms with Gasteiger partial charge in [-0.1, -0.05) is 32.0 Å². The number of benzene rings is 1. The lowest BCUT2D eigenvalue weighted by atomic mass is 10.0. The molecule has 2 aromatic heterocycles. The molecular formula is C23H27N3O4S2. The number of sulfonamides is 1. The Balaban J connectivity index is 1.63. The number of nitrogens with zero attached hydrogens (tertiary/aromatic N) is 2. The predicted molar refractivity (Wildman–Crippen MR) is 124 cm³/mol. The number of carbonyl (C=O) groups excluding carboxylic acids is 1. The molecule has 1 amide bonds. The van der Waals surface area contributed by atoms with Gasteiger partial charge in [0.1, 0.15) is 4.21 Å². The number of aromatic nitrogens is 2. The molecule has 9 heteroatoms. The van der Waals surface area contributed by atoms with Crippen LogP contribution in [0.5, 0.6) is 0 Å². The molecule has 0 unspecified atom stereocenters. The fourth-order valence-electron chi connectivity index (χ4n) is 3.42. The van der Waals surface area contributed by atoms with E-state index in [0.29, 0.717) is 23.9 Å². The molecule has 0 aliphatic heterocycles. The minimum Gasteiger partial charge on any atom is -0.449 e. The van der Waals surface area contributed by atoms with E-state index in [1.165, 1.54) is 11.3 Å². The Morgan fingerprint density at radius 1 is 1.31 bits per heavy atom. The van der Waals surface area contributed by atoms with E-state index >= 15 is 0 Å². The number of hydrogen-bond acceptors (Lipinski definition) is 6. The van der Waals surface area contributed by atoms with Gasteiger partial charge in [-0.2, -0.15) is 0 Å². The molecule has 4 rings (SSSR count). The molecule has 7 nitrogen and oxygen atoms in total. The van der Waals surface area contributed by atoms with E-state index in [1.54, 1.807) is 12.5 Å². The Morgan fingerprint density at radius 2 is 2.12 bits per heavy atom. The van der Waals surface area contributed by atoms with Crippen LogP contribution in [0, 0.1) is 11.8 Å². The average molecular weight is 474 g/mol. The van der Waals surface area contributed by atoms with Crippen molar-refractivity contribution in [1.82, 2.24) is 14.3 Å². The van der Waals surface area contributed by atoms with Crippen molar-refractivity contribution in [2.45, 2.75) is 43.9 Å². The van der Waals surface area contributed by atoms with Crippen LogP contribution in [0.2, 0.25) is 0 Å². The monoisotopic (exact) mass is 473 g/mol. The molecule has 170 valence electrons. The standard InChI is InChI=1S/C23H27N3O4S2/c1-16(2)10-20-12-21(19-5-3-4-18(11-19)13-26-9-8-24-15-26)22(31-20)32(28,29)25-23(27)30-14-17-6-7-17/h3-5,8-9,11-12,15-17H,6-7,10,13-14H2,1-2H3,(H,25,27). The Kier molecular flexibility index (Phi) is 6.66. The molecule has 0 saturated heterocycles. The minimum absolute atomic E-state index is 0.135. The predicted octanol–water partition coefficient (Wildman–Crippen LogP) is 4.68. The second-order valence-electron chi connectivity index (χ2n) is 8.59. The number of rotatable bonds is 9. The Bertz CT molecular complexity index is 1180. The van der Waals surface area contributed by atoms with Crippen LogP contribution in [-0.4, -0.2) is 30.7 Å². The van der Waals surface area contributed by atoms with Crippen LogP contribution in [0.25, 0.3) is 11.1 Å². The second kappa shape index (κ2) is 9.46. The van der Waals surface area contributed by atoms with Crippen molar-refractivity contribution in [3.05, 3.63) is 59.5 Å². The van der Waals surface area contributed by atoms with Gasteiger partial charge in [-0.3, -0.25) is 0 Å². The van der Waals surface area contributed by atoms with E-state index in [-0.39, 0.29) is 10.8 Å². The van der Waals surface area contributed by atoms with Crippen molar-refractivity contribution in [3.63, 3.8) is 0 Å². The zero-order valence-corrected chi connectivity index (χ0v) is 19.8. The zero-order chi connectivity index (χ0) is 22.7. The van der Waals surface area contributed by atoms with Crippen LogP contribution >= 0.6 is 11.3 Å². The SMILES string of the molecule is CC(C)Cc1cc(-c2cccc(Cn3ccnc3)c2)c(S(=O)(=O)NC(=O)OCC2CC2)s1. The highest BCUT2D eigenvalue weighted by molar-refractivity contribution is 7.92. The summed E-state index contributed by atoms with van der Waals surface area (Å²) in [5.41, 5.74) is 2.42. The molecule has 0 radical (unpaired) electrons. The Morgan fingerprint density at radius 3 is 2.81 bits per heavy atom.